The molecule has 0 aliphatic heterocycles. The number of hydrogen-bond acceptors (Lipinski definition) is 1. The first kappa shape index (κ1) is 9.51. The van der Waals surface area contributed by atoms with Crippen molar-refractivity contribution in [3.63, 3.8) is 0 Å². The molecule has 76 valence electrons. The first-order valence-electron chi connectivity index (χ1n) is 5.82. The highest BCUT2D eigenvalue weighted by Gasteiger charge is 2.33. The maximum absolute atomic E-state index is 5.45. The maximum Gasteiger partial charge on any atom is 0.0571 e. The van der Waals surface area contributed by atoms with Crippen LogP contribution in [0.5, 0.6) is 0 Å². The van der Waals surface area contributed by atoms with E-state index in [4.69, 9.17) is 4.74 Å². The van der Waals surface area contributed by atoms with Crippen LogP contribution in [0.25, 0.3) is 0 Å². The van der Waals surface area contributed by atoms with Crippen molar-refractivity contribution < 1.29 is 4.74 Å². The van der Waals surface area contributed by atoms with Crippen molar-refractivity contribution >= 4 is 0 Å². The van der Waals surface area contributed by atoms with Gasteiger partial charge < -0.3 is 4.74 Å². The van der Waals surface area contributed by atoms with Crippen molar-refractivity contribution in [2.75, 3.05) is 7.11 Å². The van der Waals surface area contributed by atoms with Crippen LogP contribution in [0.2, 0.25) is 0 Å². The van der Waals surface area contributed by atoms with Crippen LogP contribution in [0.15, 0.2) is 0 Å². The van der Waals surface area contributed by atoms with Crippen LogP contribution >= 0.6 is 0 Å². The minimum absolute atomic E-state index is 0.489. The lowest BCUT2D eigenvalue weighted by atomic mass is 9.67. The zero-order valence-corrected chi connectivity index (χ0v) is 8.96. The third kappa shape index (κ3) is 2.07. The molecule has 2 bridgehead atoms. The molecule has 0 saturated heterocycles. The summed E-state index contributed by atoms with van der Waals surface area (Å²) in [5, 5.41) is 0. The lowest BCUT2D eigenvalue weighted by molar-refractivity contribution is 0.0127. The van der Waals surface area contributed by atoms with Gasteiger partial charge in [0.2, 0.25) is 0 Å². The third-order valence-electron chi connectivity index (χ3n) is 4.20. The molecule has 3 atom stereocenters. The number of hydrogen-bond donors (Lipinski definition) is 0. The Morgan fingerprint density at radius 3 is 2.23 bits per heavy atom. The van der Waals surface area contributed by atoms with Gasteiger partial charge in [0.15, 0.2) is 0 Å². The highest BCUT2D eigenvalue weighted by molar-refractivity contribution is 4.85. The van der Waals surface area contributed by atoms with Crippen molar-refractivity contribution in [1.82, 2.24) is 0 Å². The van der Waals surface area contributed by atoms with Gasteiger partial charge in [0.05, 0.1) is 6.10 Å². The molecule has 0 aromatic carbocycles. The van der Waals surface area contributed by atoms with Gasteiger partial charge in [-0.1, -0.05) is 19.3 Å². The van der Waals surface area contributed by atoms with Crippen LogP contribution < -0.4 is 0 Å². The molecule has 2 aliphatic rings. The van der Waals surface area contributed by atoms with Gasteiger partial charge in [0.25, 0.3) is 0 Å². The van der Waals surface area contributed by atoms with E-state index in [1.165, 1.54) is 38.5 Å². The lowest BCUT2D eigenvalue weighted by Crippen LogP contribution is -2.32. The Morgan fingerprint density at radius 2 is 1.69 bits per heavy atom. The van der Waals surface area contributed by atoms with Crippen molar-refractivity contribution in [1.29, 1.82) is 0 Å². The summed E-state index contributed by atoms with van der Waals surface area (Å²) < 4.78 is 5.45. The lowest BCUT2D eigenvalue weighted by Gasteiger charge is -2.40. The molecule has 0 aromatic rings. The molecule has 2 aliphatic carbocycles. The third-order valence-corrected chi connectivity index (χ3v) is 4.20. The maximum atomic E-state index is 5.45. The van der Waals surface area contributed by atoms with Crippen LogP contribution in [-0.4, -0.2) is 13.2 Å². The van der Waals surface area contributed by atoms with Gasteiger partial charge >= 0.3 is 0 Å². The normalized spacial score (nSPS) is 41.5. The summed E-state index contributed by atoms with van der Waals surface area (Å²) in [4.78, 5) is 0. The van der Waals surface area contributed by atoms with Crippen LogP contribution in [0.4, 0.5) is 0 Å². The highest BCUT2D eigenvalue weighted by Crippen LogP contribution is 2.43. The molecule has 0 amide bonds. The number of methoxy groups -OCH3 is 1. The molecule has 3 unspecified atom stereocenters. The second-order valence-electron chi connectivity index (χ2n) is 5.07. The summed E-state index contributed by atoms with van der Waals surface area (Å²) in [7, 11) is 1.86. The van der Waals surface area contributed by atoms with Crippen molar-refractivity contribution in [2.45, 2.75) is 51.6 Å². The fourth-order valence-corrected chi connectivity index (χ4v) is 3.36. The number of fused-ring (bicyclic) bond motifs is 2. The Hall–Kier alpha value is -0.0400. The molecule has 13 heavy (non-hydrogen) atoms. The monoisotopic (exact) mass is 182 g/mol. The quantitative estimate of drug-likeness (QED) is 0.637. The molecule has 0 spiro atoms. The molecule has 0 radical (unpaired) electrons. The molecular weight excluding hydrogens is 160 g/mol. The zero-order valence-electron chi connectivity index (χ0n) is 8.96. The van der Waals surface area contributed by atoms with E-state index in [0.29, 0.717) is 6.10 Å². The van der Waals surface area contributed by atoms with Crippen molar-refractivity contribution in [3.8, 4) is 0 Å². The molecule has 0 aromatic heterocycles. The summed E-state index contributed by atoms with van der Waals surface area (Å²) in [5.74, 6) is 2.93. The van der Waals surface area contributed by atoms with Gasteiger partial charge in [-0.25, -0.2) is 0 Å². The first-order chi connectivity index (χ1) is 6.29. The number of rotatable bonds is 2. The minimum Gasteiger partial charge on any atom is -0.381 e. The van der Waals surface area contributed by atoms with Crippen LogP contribution in [-0.2, 0) is 4.74 Å². The average molecular weight is 182 g/mol. The predicted octanol–water partition coefficient (Wildman–Crippen LogP) is 3.24. The van der Waals surface area contributed by atoms with Gasteiger partial charge in [-0.2, -0.15) is 0 Å². The van der Waals surface area contributed by atoms with Gasteiger partial charge in [0, 0.05) is 7.11 Å². The van der Waals surface area contributed by atoms with Gasteiger partial charge in [-0.3, -0.25) is 0 Å². The molecule has 0 N–H and O–H groups in total. The van der Waals surface area contributed by atoms with Gasteiger partial charge in [-0.05, 0) is 43.9 Å². The summed E-state index contributed by atoms with van der Waals surface area (Å²) in [6.45, 7) is 2.24. The van der Waals surface area contributed by atoms with E-state index < -0.39 is 0 Å². The highest BCUT2D eigenvalue weighted by atomic mass is 16.5. The van der Waals surface area contributed by atoms with E-state index in [9.17, 15) is 0 Å². The molecule has 2 rings (SSSR count). The second-order valence-corrected chi connectivity index (χ2v) is 5.07. The smallest absolute Gasteiger partial charge is 0.0571 e. The second kappa shape index (κ2) is 4.00. The fraction of sp³-hybridized carbons (Fsp3) is 1.00. The van der Waals surface area contributed by atoms with E-state index in [0.717, 1.165) is 17.8 Å². The largest absolute Gasteiger partial charge is 0.381 e. The van der Waals surface area contributed by atoms with Crippen molar-refractivity contribution in [2.24, 2.45) is 17.8 Å². The summed E-state index contributed by atoms with van der Waals surface area (Å²) in [5.41, 5.74) is 0. The van der Waals surface area contributed by atoms with E-state index in [1.807, 2.05) is 7.11 Å². The molecule has 2 saturated carbocycles. The fourth-order valence-electron chi connectivity index (χ4n) is 3.36. The Balaban J connectivity index is 1.93. The SMILES string of the molecule is COC(C)C1CC2CCCC(C2)C1. The Bertz CT molecular complexity index is 155. The number of ether oxygens (including phenoxy) is 1. The predicted molar refractivity (Wildman–Crippen MR) is 54.6 cm³/mol. The van der Waals surface area contributed by atoms with E-state index in [2.05, 4.69) is 6.92 Å². The molecule has 2 fully saturated rings. The van der Waals surface area contributed by atoms with Crippen molar-refractivity contribution in [3.05, 3.63) is 0 Å². The molecule has 0 heterocycles. The Morgan fingerprint density at radius 1 is 1.08 bits per heavy atom. The van der Waals surface area contributed by atoms with E-state index in [1.54, 1.807) is 0 Å². The summed E-state index contributed by atoms with van der Waals surface area (Å²) >= 11 is 0. The first-order valence-corrected chi connectivity index (χ1v) is 5.82. The van der Waals surface area contributed by atoms with Crippen LogP contribution in [0, 0.1) is 17.8 Å². The Labute approximate surface area is 81.9 Å². The topological polar surface area (TPSA) is 9.23 Å². The Kier molecular flexibility index (Phi) is 2.92. The minimum atomic E-state index is 0.489. The summed E-state index contributed by atoms with van der Waals surface area (Å²) in [6.07, 6.45) is 9.35. The molecular formula is C12H22O. The van der Waals surface area contributed by atoms with Gasteiger partial charge in [-0.15, -0.1) is 0 Å². The molecule has 1 nitrogen and oxygen atoms in total. The average Bonchev–Trinajstić information content (AvgIpc) is 2.16. The zero-order chi connectivity index (χ0) is 9.26. The summed E-state index contributed by atoms with van der Waals surface area (Å²) in [6, 6.07) is 0. The van der Waals surface area contributed by atoms with E-state index in [-0.39, 0.29) is 0 Å². The van der Waals surface area contributed by atoms with Crippen LogP contribution in [0.3, 0.4) is 0 Å². The van der Waals surface area contributed by atoms with Crippen LogP contribution in [0.1, 0.15) is 45.4 Å². The standard InChI is InChI=1S/C12H22O/c1-9(13-2)12-7-10-4-3-5-11(6-10)8-12/h9-12H,3-8H2,1-2H3. The molecule has 1 heteroatoms. The van der Waals surface area contributed by atoms with E-state index >= 15 is 0 Å². The van der Waals surface area contributed by atoms with Gasteiger partial charge in [0.1, 0.15) is 0 Å².